The van der Waals surface area contributed by atoms with Gasteiger partial charge in [0.2, 0.25) is 0 Å². The molecule has 2 atom stereocenters. The molecule has 0 saturated heterocycles. The minimum atomic E-state index is -1.10. The number of likely N-dealkylation sites (N-methyl/N-ethyl adjacent to an activating group) is 1. The lowest BCUT2D eigenvalue weighted by Gasteiger charge is -2.23. The van der Waals surface area contributed by atoms with E-state index in [9.17, 15) is 9.59 Å². The van der Waals surface area contributed by atoms with E-state index in [0.717, 1.165) is 13.0 Å². The number of carboxylic acid groups (broad SMARTS) is 1. The highest BCUT2D eigenvalue weighted by molar-refractivity contribution is 5.76. The van der Waals surface area contributed by atoms with E-state index in [2.05, 4.69) is 29.4 Å². The highest BCUT2D eigenvalue weighted by Crippen LogP contribution is 1.97. The number of rotatable bonds is 9. The topological polar surface area (TPSA) is 90.9 Å². The molecule has 112 valence electrons. The highest BCUT2D eigenvalue weighted by atomic mass is 16.5. The number of urea groups is 1. The van der Waals surface area contributed by atoms with Crippen molar-refractivity contribution in [3.63, 3.8) is 0 Å². The normalized spacial score (nSPS) is 13.9. The number of carbonyl (C=O) groups excluding carboxylic acids is 1. The van der Waals surface area contributed by atoms with E-state index in [1.54, 1.807) is 0 Å². The Labute approximate surface area is 114 Å². The van der Waals surface area contributed by atoms with Crippen molar-refractivity contribution in [3.8, 4) is 0 Å². The predicted octanol–water partition coefficient (Wildman–Crippen LogP) is 0.116. The molecule has 0 aromatic carbocycles. The first-order chi connectivity index (χ1) is 8.92. The first-order valence-corrected chi connectivity index (χ1v) is 6.39. The third kappa shape index (κ3) is 7.63. The smallest absolute Gasteiger partial charge is 0.334 e. The molecule has 0 aliphatic heterocycles. The number of hydrogen-bond donors (Lipinski definition) is 3. The monoisotopic (exact) mass is 275 g/mol. The average Bonchev–Trinajstić information content (AvgIpc) is 2.37. The summed E-state index contributed by atoms with van der Waals surface area (Å²) in [5.41, 5.74) is 0. The summed E-state index contributed by atoms with van der Waals surface area (Å²) in [5.74, 6) is -1.10. The highest BCUT2D eigenvalue weighted by Gasteiger charge is 2.16. The minimum Gasteiger partial charge on any atom is -0.479 e. The van der Waals surface area contributed by atoms with Gasteiger partial charge in [-0.2, -0.15) is 0 Å². The average molecular weight is 275 g/mol. The third-order valence-electron chi connectivity index (χ3n) is 3.10. The second kappa shape index (κ2) is 9.57. The molecular weight excluding hydrogens is 250 g/mol. The Kier molecular flexibility index (Phi) is 8.90. The van der Waals surface area contributed by atoms with Crippen LogP contribution in [0.25, 0.3) is 0 Å². The molecule has 2 amide bonds. The summed E-state index contributed by atoms with van der Waals surface area (Å²) in [5, 5.41) is 13.8. The van der Waals surface area contributed by atoms with E-state index in [1.165, 1.54) is 7.11 Å². The van der Waals surface area contributed by atoms with E-state index in [1.807, 2.05) is 7.05 Å². The van der Waals surface area contributed by atoms with E-state index in [4.69, 9.17) is 9.84 Å². The summed E-state index contributed by atoms with van der Waals surface area (Å²) in [4.78, 5) is 24.2. The van der Waals surface area contributed by atoms with Crippen molar-refractivity contribution in [1.29, 1.82) is 0 Å². The number of aliphatic carboxylic acids is 1. The second-order valence-electron chi connectivity index (χ2n) is 4.44. The van der Waals surface area contributed by atoms with Crippen LogP contribution in [0.15, 0.2) is 0 Å². The van der Waals surface area contributed by atoms with Crippen LogP contribution >= 0.6 is 0 Å². The Morgan fingerprint density at radius 1 is 1.37 bits per heavy atom. The van der Waals surface area contributed by atoms with Crippen LogP contribution in [0.2, 0.25) is 0 Å². The lowest BCUT2D eigenvalue weighted by Crippen LogP contribution is -2.45. The molecule has 0 radical (unpaired) electrons. The molecule has 3 N–H and O–H groups in total. The molecular formula is C12H25N3O4. The van der Waals surface area contributed by atoms with Crippen LogP contribution in [-0.4, -0.2) is 67.9 Å². The Morgan fingerprint density at radius 2 is 2.00 bits per heavy atom. The molecule has 0 rings (SSSR count). The van der Waals surface area contributed by atoms with Crippen LogP contribution in [0.1, 0.15) is 20.3 Å². The van der Waals surface area contributed by atoms with Gasteiger partial charge in [0.25, 0.3) is 0 Å². The van der Waals surface area contributed by atoms with Gasteiger partial charge in [0, 0.05) is 26.2 Å². The number of ether oxygens (including phenoxy) is 1. The first-order valence-electron chi connectivity index (χ1n) is 6.39. The lowest BCUT2D eigenvalue weighted by molar-refractivity contribution is -0.147. The fraction of sp³-hybridized carbons (Fsp3) is 0.833. The van der Waals surface area contributed by atoms with Gasteiger partial charge in [-0.05, 0) is 20.4 Å². The Bertz CT molecular complexity index is 286. The molecule has 19 heavy (non-hydrogen) atoms. The third-order valence-corrected chi connectivity index (χ3v) is 3.10. The van der Waals surface area contributed by atoms with Crippen molar-refractivity contribution >= 4 is 12.0 Å². The van der Waals surface area contributed by atoms with Crippen LogP contribution in [0.3, 0.4) is 0 Å². The molecule has 0 spiro atoms. The van der Waals surface area contributed by atoms with Crippen LogP contribution < -0.4 is 10.6 Å². The van der Waals surface area contributed by atoms with E-state index in [-0.39, 0.29) is 12.6 Å². The first kappa shape index (κ1) is 17.7. The summed E-state index contributed by atoms with van der Waals surface area (Å²) in [7, 11) is 3.29. The molecule has 0 aromatic heterocycles. The zero-order valence-electron chi connectivity index (χ0n) is 12.1. The maximum atomic E-state index is 11.4. The fourth-order valence-corrected chi connectivity index (χ4v) is 1.40. The Balaban J connectivity index is 3.79. The van der Waals surface area contributed by atoms with E-state index in [0.29, 0.717) is 12.6 Å². The number of nitrogens with one attached hydrogen (secondary N) is 2. The summed E-state index contributed by atoms with van der Waals surface area (Å²) in [6.45, 7) is 5.43. The Morgan fingerprint density at radius 3 is 2.47 bits per heavy atom. The van der Waals surface area contributed by atoms with Gasteiger partial charge in [-0.3, -0.25) is 0 Å². The van der Waals surface area contributed by atoms with Crippen molar-refractivity contribution < 1.29 is 19.4 Å². The van der Waals surface area contributed by atoms with Crippen LogP contribution in [-0.2, 0) is 9.53 Å². The van der Waals surface area contributed by atoms with Crippen LogP contribution in [0.4, 0.5) is 4.79 Å². The number of methoxy groups -OCH3 is 1. The molecule has 2 unspecified atom stereocenters. The fourth-order valence-electron chi connectivity index (χ4n) is 1.40. The molecule has 0 heterocycles. The van der Waals surface area contributed by atoms with E-state index < -0.39 is 12.1 Å². The number of carboxylic acids is 1. The largest absolute Gasteiger partial charge is 0.479 e. The SMILES string of the molecule is CCC(C)N(C)CCNC(=O)NCC(OC)C(=O)O. The zero-order valence-corrected chi connectivity index (χ0v) is 12.1. The molecule has 0 aliphatic carbocycles. The molecule has 0 bridgehead atoms. The van der Waals surface area contributed by atoms with Crippen molar-refractivity contribution in [3.05, 3.63) is 0 Å². The predicted molar refractivity (Wildman–Crippen MR) is 72.2 cm³/mol. The van der Waals surface area contributed by atoms with Crippen LogP contribution in [0.5, 0.6) is 0 Å². The summed E-state index contributed by atoms with van der Waals surface area (Å²) in [6, 6.07) is 0.0793. The summed E-state index contributed by atoms with van der Waals surface area (Å²) >= 11 is 0. The molecule has 0 fully saturated rings. The van der Waals surface area contributed by atoms with Crippen LogP contribution in [0, 0.1) is 0 Å². The van der Waals surface area contributed by atoms with Gasteiger partial charge in [-0.25, -0.2) is 9.59 Å². The van der Waals surface area contributed by atoms with Gasteiger partial charge in [-0.1, -0.05) is 6.92 Å². The lowest BCUT2D eigenvalue weighted by atomic mass is 10.2. The van der Waals surface area contributed by atoms with Crippen molar-refractivity contribution in [2.45, 2.75) is 32.4 Å². The van der Waals surface area contributed by atoms with Gasteiger partial charge in [0.05, 0.1) is 6.54 Å². The minimum absolute atomic E-state index is 0.0567. The van der Waals surface area contributed by atoms with Crippen molar-refractivity contribution in [2.24, 2.45) is 0 Å². The molecule has 0 saturated carbocycles. The molecule has 7 heteroatoms. The molecule has 0 aromatic rings. The summed E-state index contributed by atoms with van der Waals surface area (Å²) in [6.07, 6.45) is 0.0325. The van der Waals surface area contributed by atoms with Gasteiger partial charge >= 0.3 is 12.0 Å². The second-order valence-corrected chi connectivity index (χ2v) is 4.44. The number of nitrogens with zero attached hydrogens (tertiary/aromatic N) is 1. The van der Waals surface area contributed by atoms with Crippen molar-refractivity contribution in [2.75, 3.05) is 33.8 Å². The van der Waals surface area contributed by atoms with Gasteiger partial charge in [0.15, 0.2) is 6.10 Å². The van der Waals surface area contributed by atoms with Gasteiger partial charge in [0.1, 0.15) is 0 Å². The van der Waals surface area contributed by atoms with E-state index >= 15 is 0 Å². The maximum absolute atomic E-state index is 11.4. The molecule has 0 aliphatic rings. The zero-order chi connectivity index (χ0) is 14.8. The van der Waals surface area contributed by atoms with Gasteiger partial charge < -0.3 is 25.4 Å². The van der Waals surface area contributed by atoms with Gasteiger partial charge in [-0.15, -0.1) is 0 Å². The quantitative estimate of drug-likeness (QED) is 0.556. The standard InChI is InChI=1S/C12H25N3O4/c1-5-9(2)15(3)7-6-13-12(18)14-8-10(19-4)11(16)17/h9-10H,5-8H2,1-4H3,(H,16,17)(H2,13,14,18). The number of amides is 2. The van der Waals surface area contributed by atoms with Crippen molar-refractivity contribution in [1.82, 2.24) is 15.5 Å². The number of hydrogen-bond acceptors (Lipinski definition) is 4. The maximum Gasteiger partial charge on any atom is 0.334 e. The number of carbonyl (C=O) groups is 2. The molecule has 7 nitrogen and oxygen atoms in total. The summed E-state index contributed by atoms with van der Waals surface area (Å²) < 4.78 is 4.70. The Hall–Kier alpha value is -1.34.